The lowest BCUT2D eigenvalue weighted by Crippen LogP contribution is -2.45. The Bertz CT molecular complexity index is 864. The van der Waals surface area contributed by atoms with Crippen molar-refractivity contribution in [3.05, 3.63) is 59.0 Å². The lowest BCUT2D eigenvalue weighted by atomic mass is 10.1. The van der Waals surface area contributed by atoms with Crippen LogP contribution in [0.5, 0.6) is 0 Å². The standard InChI is InChI=1S/C18H20ClF3N6O/c1-11(16(26-10-24)27-12(2)25-6-4-5-23)28(3)17(29)13-7-14(18(20,21)22)9-15(19)8-13/h4-11H,2,23H2,1,3H3,(H2,24,26,27)/b5-4-,25-6-. The van der Waals surface area contributed by atoms with Crippen LogP contribution in [0.3, 0.4) is 0 Å². The van der Waals surface area contributed by atoms with Crippen LogP contribution in [0.1, 0.15) is 22.8 Å². The molecule has 0 fully saturated rings. The van der Waals surface area contributed by atoms with Crippen molar-refractivity contribution in [2.24, 2.45) is 15.7 Å². The maximum atomic E-state index is 13.0. The fraction of sp³-hybridized carbons (Fsp3) is 0.222. The number of carbonyl (C=O) groups excluding carboxylic acids is 1. The molecule has 1 amide bonds. The number of allylic oxidation sites excluding steroid dienone is 1. The molecular weight excluding hydrogens is 409 g/mol. The number of aliphatic imine (C=N–C) groups is 2. The van der Waals surface area contributed by atoms with Gasteiger partial charge in [0.1, 0.15) is 18.0 Å². The number of rotatable bonds is 7. The Balaban J connectivity index is 3.11. The monoisotopic (exact) mass is 428 g/mol. The number of hydrogen-bond donors (Lipinski definition) is 3. The molecule has 0 bridgehead atoms. The van der Waals surface area contributed by atoms with Gasteiger partial charge in [-0.3, -0.25) is 10.2 Å². The minimum absolute atomic E-state index is 0.132. The number of alkyl halides is 3. The average molecular weight is 429 g/mol. The molecule has 1 unspecified atom stereocenters. The largest absolute Gasteiger partial charge is 0.416 e. The van der Waals surface area contributed by atoms with Crippen molar-refractivity contribution in [2.75, 3.05) is 7.05 Å². The van der Waals surface area contributed by atoms with E-state index in [1.807, 2.05) is 0 Å². The molecule has 0 aliphatic carbocycles. The Labute approximate surface area is 171 Å². The Morgan fingerprint density at radius 2 is 2.07 bits per heavy atom. The van der Waals surface area contributed by atoms with Crippen molar-refractivity contribution in [3.63, 3.8) is 0 Å². The SMILES string of the molecule is C=C(/N=C\C=C/N)N/C(=N\C=N)C(C)N(C)C(=O)c1cc(Cl)cc(C(F)(F)F)c1. The van der Waals surface area contributed by atoms with Crippen LogP contribution in [0, 0.1) is 5.41 Å². The molecule has 0 aliphatic heterocycles. The van der Waals surface area contributed by atoms with Crippen LogP contribution in [0.2, 0.25) is 5.02 Å². The first-order chi connectivity index (χ1) is 13.5. The van der Waals surface area contributed by atoms with Gasteiger partial charge in [-0.2, -0.15) is 13.2 Å². The quantitative estimate of drug-likeness (QED) is 0.457. The van der Waals surface area contributed by atoms with Crippen molar-refractivity contribution in [1.82, 2.24) is 10.2 Å². The van der Waals surface area contributed by atoms with Gasteiger partial charge in [-0.1, -0.05) is 18.2 Å². The molecule has 0 aromatic heterocycles. The summed E-state index contributed by atoms with van der Waals surface area (Å²) in [4.78, 5) is 21.6. The van der Waals surface area contributed by atoms with Crippen molar-refractivity contribution in [2.45, 2.75) is 19.1 Å². The van der Waals surface area contributed by atoms with Gasteiger partial charge in [0.2, 0.25) is 0 Å². The van der Waals surface area contributed by atoms with Crippen LogP contribution in [-0.4, -0.2) is 42.3 Å². The average Bonchev–Trinajstić information content (AvgIpc) is 2.65. The molecule has 0 heterocycles. The molecule has 4 N–H and O–H groups in total. The van der Waals surface area contributed by atoms with Crippen molar-refractivity contribution >= 4 is 35.9 Å². The van der Waals surface area contributed by atoms with E-state index in [4.69, 9.17) is 22.7 Å². The summed E-state index contributed by atoms with van der Waals surface area (Å²) in [7, 11) is 1.38. The molecule has 156 valence electrons. The molecule has 1 aromatic rings. The molecule has 11 heteroatoms. The second-order valence-electron chi connectivity index (χ2n) is 5.70. The summed E-state index contributed by atoms with van der Waals surface area (Å²) in [6.45, 7) is 5.23. The highest BCUT2D eigenvalue weighted by atomic mass is 35.5. The minimum atomic E-state index is -4.65. The minimum Gasteiger partial charge on any atom is -0.405 e. The second-order valence-corrected chi connectivity index (χ2v) is 6.13. The van der Waals surface area contributed by atoms with Gasteiger partial charge in [0, 0.05) is 23.8 Å². The lowest BCUT2D eigenvalue weighted by Gasteiger charge is -2.27. The number of benzene rings is 1. The zero-order valence-electron chi connectivity index (χ0n) is 15.7. The molecule has 0 saturated carbocycles. The third kappa shape index (κ3) is 7.07. The van der Waals surface area contributed by atoms with Gasteiger partial charge in [-0.05, 0) is 37.4 Å². The van der Waals surface area contributed by atoms with Gasteiger partial charge in [0.15, 0.2) is 0 Å². The van der Waals surface area contributed by atoms with Gasteiger partial charge in [-0.25, -0.2) is 9.98 Å². The topological polar surface area (TPSA) is 107 Å². The summed E-state index contributed by atoms with van der Waals surface area (Å²) < 4.78 is 39.0. The maximum absolute atomic E-state index is 13.0. The van der Waals surface area contributed by atoms with E-state index < -0.39 is 23.7 Å². The highest BCUT2D eigenvalue weighted by molar-refractivity contribution is 6.31. The molecule has 1 rings (SSSR count). The number of likely N-dealkylation sites (N-methyl/N-ethyl adjacent to an activating group) is 1. The summed E-state index contributed by atoms with van der Waals surface area (Å²) in [6.07, 6.45) is 0.179. The summed E-state index contributed by atoms with van der Waals surface area (Å²) in [5.74, 6) is -0.434. The molecule has 0 radical (unpaired) electrons. The molecular formula is C18H20ClF3N6O. The number of nitrogens with zero attached hydrogens (tertiary/aromatic N) is 3. The van der Waals surface area contributed by atoms with Crippen LogP contribution < -0.4 is 11.1 Å². The van der Waals surface area contributed by atoms with Crippen LogP contribution in [0.25, 0.3) is 0 Å². The van der Waals surface area contributed by atoms with E-state index in [1.54, 1.807) is 6.92 Å². The summed E-state index contributed by atoms with van der Waals surface area (Å²) >= 11 is 5.75. The normalized spacial score (nSPS) is 13.5. The number of hydrogen-bond acceptors (Lipinski definition) is 4. The Morgan fingerprint density at radius 1 is 1.41 bits per heavy atom. The summed E-state index contributed by atoms with van der Waals surface area (Å²) in [6, 6.07) is 1.85. The van der Waals surface area contributed by atoms with E-state index in [-0.39, 0.29) is 22.2 Å². The lowest BCUT2D eigenvalue weighted by molar-refractivity contribution is -0.137. The number of nitrogens with two attached hydrogens (primary N) is 1. The predicted molar refractivity (Wildman–Crippen MR) is 108 cm³/mol. The fourth-order valence-electron chi connectivity index (χ4n) is 2.12. The van der Waals surface area contributed by atoms with Crippen LogP contribution in [0.4, 0.5) is 13.2 Å². The van der Waals surface area contributed by atoms with Crippen molar-refractivity contribution in [3.8, 4) is 0 Å². The van der Waals surface area contributed by atoms with Gasteiger partial charge in [0.05, 0.1) is 11.6 Å². The number of nitrogens with one attached hydrogen (secondary N) is 2. The highest BCUT2D eigenvalue weighted by Crippen LogP contribution is 2.32. The first-order valence-corrected chi connectivity index (χ1v) is 8.47. The van der Waals surface area contributed by atoms with Gasteiger partial charge in [-0.15, -0.1) is 0 Å². The summed E-state index contributed by atoms with van der Waals surface area (Å²) in [5, 5.41) is 9.71. The molecule has 29 heavy (non-hydrogen) atoms. The molecule has 7 nitrogen and oxygen atoms in total. The maximum Gasteiger partial charge on any atom is 0.416 e. The van der Waals surface area contributed by atoms with Crippen molar-refractivity contribution in [1.29, 1.82) is 5.41 Å². The molecule has 1 atom stereocenters. The third-order valence-corrected chi connectivity index (χ3v) is 3.89. The first kappa shape index (κ1) is 23.9. The fourth-order valence-corrected chi connectivity index (χ4v) is 2.35. The second kappa shape index (κ2) is 10.4. The number of halogens is 4. The third-order valence-electron chi connectivity index (χ3n) is 3.67. The van der Waals surface area contributed by atoms with E-state index in [0.29, 0.717) is 0 Å². The Morgan fingerprint density at radius 3 is 2.62 bits per heavy atom. The number of amidine groups is 1. The van der Waals surface area contributed by atoms with E-state index in [1.165, 1.54) is 25.5 Å². The Hall–Kier alpha value is -3.14. The summed E-state index contributed by atoms with van der Waals surface area (Å²) in [5.41, 5.74) is 3.92. The number of carbonyl (C=O) groups is 1. The van der Waals surface area contributed by atoms with Gasteiger partial charge < -0.3 is 16.0 Å². The number of amides is 1. The van der Waals surface area contributed by atoms with E-state index in [0.717, 1.165) is 29.4 Å². The molecule has 0 aliphatic rings. The highest BCUT2D eigenvalue weighted by Gasteiger charge is 2.32. The van der Waals surface area contributed by atoms with E-state index in [2.05, 4.69) is 21.9 Å². The van der Waals surface area contributed by atoms with Crippen LogP contribution >= 0.6 is 11.6 Å². The molecule has 0 spiro atoms. The van der Waals surface area contributed by atoms with Crippen LogP contribution in [0.15, 0.2) is 52.9 Å². The Kier molecular flexibility index (Phi) is 8.58. The van der Waals surface area contributed by atoms with Crippen molar-refractivity contribution < 1.29 is 18.0 Å². The zero-order valence-corrected chi connectivity index (χ0v) is 16.4. The molecule has 0 saturated heterocycles. The zero-order chi connectivity index (χ0) is 22.2. The first-order valence-electron chi connectivity index (χ1n) is 8.09. The van der Waals surface area contributed by atoms with E-state index >= 15 is 0 Å². The van der Waals surface area contributed by atoms with Gasteiger partial charge >= 0.3 is 6.18 Å². The van der Waals surface area contributed by atoms with Crippen LogP contribution in [-0.2, 0) is 6.18 Å². The van der Waals surface area contributed by atoms with Gasteiger partial charge in [0.25, 0.3) is 5.91 Å². The molecule has 1 aromatic carbocycles. The smallest absolute Gasteiger partial charge is 0.405 e. The predicted octanol–water partition coefficient (Wildman–Crippen LogP) is 3.43. The van der Waals surface area contributed by atoms with E-state index in [9.17, 15) is 18.0 Å².